The number of aryl methyl sites for hydroxylation is 3. The van der Waals surface area contributed by atoms with Gasteiger partial charge >= 0.3 is 0 Å². The lowest BCUT2D eigenvalue weighted by molar-refractivity contribution is 0.101. The zero-order valence-corrected chi connectivity index (χ0v) is 16.4. The molecule has 0 aliphatic heterocycles. The highest BCUT2D eigenvalue weighted by molar-refractivity contribution is 7.14. The summed E-state index contributed by atoms with van der Waals surface area (Å²) in [6, 6.07) is 16.4. The van der Waals surface area contributed by atoms with Gasteiger partial charge in [-0.1, -0.05) is 48.0 Å². The first-order valence-electron chi connectivity index (χ1n) is 9.00. The lowest BCUT2D eigenvalue weighted by Gasteiger charge is -2.08. The average Bonchev–Trinajstić information content (AvgIpc) is 3.25. The van der Waals surface area contributed by atoms with Gasteiger partial charge < -0.3 is 4.57 Å². The Hall–Kier alpha value is -2.92. The molecule has 0 aliphatic carbocycles. The number of nitrogens with zero attached hydrogens (tertiary/aromatic N) is 2. The van der Waals surface area contributed by atoms with Crippen LogP contribution in [0.4, 0.5) is 5.13 Å². The van der Waals surface area contributed by atoms with E-state index in [1.165, 1.54) is 16.9 Å². The fourth-order valence-electron chi connectivity index (χ4n) is 3.44. The van der Waals surface area contributed by atoms with E-state index in [1.54, 1.807) is 0 Å². The molecule has 4 aromatic rings. The van der Waals surface area contributed by atoms with Crippen LogP contribution in [0.3, 0.4) is 0 Å². The number of carbonyl (C=O) groups excluding carboxylic acids is 1. The Morgan fingerprint density at radius 1 is 1.11 bits per heavy atom. The minimum absolute atomic E-state index is 0.115. The number of hydrogen-bond acceptors (Lipinski definition) is 3. The van der Waals surface area contributed by atoms with Crippen LogP contribution < -0.4 is 5.32 Å². The Kier molecular flexibility index (Phi) is 4.54. The molecule has 4 nitrogen and oxygen atoms in total. The predicted octanol–water partition coefficient (Wildman–Crippen LogP) is 5.65. The Bertz CT molecular complexity index is 1120. The van der Waals surface area contributed by atoms with Crippen molar-refractivity contribution in [2.75, 3.05) is 5.32 Å². The van der Waals surface area contributed by atoms with Crippen LogP contribution in [-0.2, 0) is 6.54 Å². The zero-order chi connectivity index (χ0) is 19.0. The van der Waals surface area contributed by atoms with Gasteiger partial charge in [-0.2, -0.15) is 0 Å². The third-order valence-electron chi connectivity index (χ3n) is 4.83. The van der Waals surface area contributed by atoms with Crippen molar-refractivity contribution in [1.29, 1.82) is 0 Å². The second-order valence-electron chi connectivity index (χ2n) is 6.59. The SMILES string of the molecule is CCn1c(C(=O)Nc2nc(-c3ccc(C)cc3)cs2)c(C)c2ccccc21. The number of nitrogens with one attached hydrogen (secondary N) is 1. The fourth-order valence-corrected chi connectivity index (χ4v) is 4.16. The number of benzene rings is 2. The van der Waals surface area contributed by atoms with Gasteiger partial charge in [0.1, 0.15) is 5.69 Å². The highest BCUT2D eigenvalue weighted by atomic mass is 32.1. The summed E-state index contributed by atoms with van der Waals surface area (Å²) in [5, 5.41) is 6.69. The first kappa shape index (κ1) is 17.5. The Balaban J connectivity index is 1.65. The van der Waals surface area contributed by atoms with Gasteiger partial charge in [-0.15, -0.1) is 11.3 Å². The van der Waals surface area contributed by atoms with Gasteiger partial charge in [-0.3, -0.25) is 10.1 Å². The van der Waals surface area contributed by atoms with E-state index in [2.05, 4.69) is 65.1 Å². The van der Waals surface area contributed by atoms with Crippen molar-refractivity contribution in [3.63, 3.8) is 0 Å². The summed E-state index contributed by atoms with van der Waals surface area (Å²) in [4.78, 5) is 17.6. The Labute approximate surface area is 162 Å². The molecule has 0 saturated heterocycles. The number of carbonyl (C=O) groups is 1. The van der Waals surface area contributed by atoms with Gasteiger partial charge in [-0.05, 0) is 32.4 Å². The summed E-state index contributed by atoms with van der Waals surface area (Å²) >= 11 is 1.45. The van der Waals surface area contributed by atoms with Crippen LogP contribution >= 0.6 is 11.3 Å². The Morgan fingerprint density at radius 2 is 1.85 bits per heavy atom. The van der Waals surface area contributed by atoms with E-state index in [0.717, 1.165) is 34.3 Å². The standard InChI is InChI=1S/C22H21N3OS/c1-4-25-19-8-6-5-7-17(19)15(3)20(25)21(26)24-22-23-18(13-27-22)16-11-9-14(2)10-12-16/h5-13H,4H2,1-3H3,(H,23,24,26). The van der Waals surface area contributed by atoms with Gasteiger partial charge in [0.2, 0.25) is 0 Å². The largest absolute Gasteiger partial charge is 0.337 e. The van der Waals surface area contributed by atoms with Crippen molar-refractivity contribution in [1.82, 2.24) is 9.55 Å². The molecule has 4 rings (SSSR count). The third-order valence-corrected chi connectivity index (χ3v) is 5.58. The molecule has 5 heteroatoms. The molecule has 0 bridgehead atoms. The lowest BCUT2D eigenvalue weighted by atomic mass is 10.1. The molecule has 1 N–H and O–H groups in total. The molecule has 1 amide bonds. The number of para-hydroxylation sites is 1. The monoisotopic (exact) mass is 375 g/mol. The normalized spacial score (nSPS) is 11.1. The molecule has 0 spiro atoms. The van der Waals surface area contributed by atoms with E-state index in [0.29, 0.717) is 10.8 Å². The fraction of sp³-hybridized carbons (Fsp3) is 0.182. The molecule has 0 unspecified atom stereocenters. The van der Waals surface area contributed by atoms with Crippen molar-refractivity contribution < 1.29 is 4.79 Å². The first-order chi connectivity index (χ1) is 13.1. The third kappa shape index (κ3) is 3.15. The number of fused-ring (bicyclic) bond motifs is 1. The van der Waals surface area contributed by atoms with Crippen LogP contribution in [0.1, 0.15) is 28.5 Å². The molecule has 2 heterocycles. The molecule has 136 valence electrons. The van der Waals surface area contributed by atoms with Gasteiger partial charge in [-0.25, -0.2) is 4.98 Å². The topological polar surface area (TPSA) is 46.9 Å². The number of thiazole rings is 1. The minimum Gasteiger partial charge on any atom is -0.337 e. The van der Waals surface area contributed by atoms with Gasteiger partial charge in [0, 0.05) is 28.4 Å². The number of rotatable bonds is 4. The molecule has 0 fully saturated rings. The quantitative estimate of drug-likeness (QED) is 0.501. The van der Waals surface area contributed by atoms with Gasteiger partial charge in [0.15, 0.2) is 5.13 Å². The molecule has 0 aliphatic rings. The molecule has 2 aromatic carbocycles. The van der Waals surface area contributed by atoms with Crippen LogP contribution in [0.5, 0.6) is 0 Å². The smallest absolute Gasteiger partial charge is 0.274 e. The van der Waals surface area contributed by atoms with Crippen LogP contribution in [0.2, 0.25) is 0 Å². The highest BCUT2D eigenvalue weighted by Crippen LogP contribution is 2.28. The first-order valence-corrected chi connectivity index (χ1v) is 9.88. The van der Waals surface area contributed by atoms with E-state index in [9.17, 15) is 4.79 Å². The van der Waals surface area contributed by atoms with Crippen molar-refractivity contribution in [2.24, 2.45) is 0 Å². The maximum Gasteiger partial charge on any atom is 0.274 e. The molecule has 0 saturated carbocycles. The molecule has 0 atom stereocenters. The lowest BCUT2D eigenvalue weighted by Crippen LogP contribution is -2.17. The van der Waals surface area contributed by atoms with Crippen LogP contribution in [0.15, 0.2) is 53.9 Å². The van der Waals surface area contributed by atoms with E-state index >= 15 is 0 Å². The predicted molar refractivity (Wildman–Crippen MR) is 113 cm³/mol. The minimum atomic E-state index is -0.115. The van der Waals surface area contributed by atoms with Crippen LogP contribution in [0, 0.1) is 13.8 Å². The Morgan fingerprint density at radius 3 is 2.59 bits per heavy atom. The number of aromatic nitrogens is 2. The molecular weight excluding hydrogens is 354 g/mol. The average molecular weight is 375 g/mol. The second kappa shape index (κ2) is 7.00. The number of amides is 1. The van der Waals surface area contributed by atoms with E-state index in [4.69, 9.17) is 0 Å². The number of hydrogen-bond donors (Lipinski definition) is 1. The maximum atomic E-state index is 13.0. The molecule has 27 heavy (non-hydrogen) atoms. The van der Waals surface area contributed by atoms with Crippen LogP contribution in [0.25, 0.3) is 22.2 Å². The van der Waals surface area contributed by atoms with Crippen molar-refractivity contribution in [3.05, 3.63) is 70.7 Å². The van der Waals surface area contributed by atoms with E-state index in [-0.39, 0.29) is 5.91 Å². The summed E-state index contributed by atoms with van der Waals surface area (Å²) < 4.78 is 2.06. The summed E-state index contributed by atoms with van der Waals surface area (Å²) in [5.74, 6) is -0.115. The number of anilines is 1. The van der Waals surface area contributed by atoms with Crippen molar-refractivity contribution in [3.8, 4) is 11.3 Å². The molecule has 2 aromatic heterocycles. The van der Waals surface area contributed by atoms with E-state index < -0.39 is 0 Å². The van der Waals surface area contributed by atoms with Gasteiger partial charge in [0.05, 0.1) is 5.69 Å². The van der Waals surface area contributed by atoms with Crippen LogP contribution in [-0.4, -0.2) is 15.5 Å². The summed E-state index contributed by atoms with van der Waals surface area (Å²) in [6.07, 6.45) is 0. The summed E-state index contributed by atoms with van der Waals surface area (Å²) in [6.45, 7) is 6.86. The summed E-state index contributed by atoms with van der Waals surface area (Å²) in [7, 11) is 0. The maximum absolute atomic E-state index is 13.0. The highest BCUT2D eigenvalue weighted by Gasteiger charge is 2.20. The summed E-state index contributed by atoms with van der Waals surface area (Å²) in [5.41, 5.74) is 5.93. The second-order valence-corrected chi connectivity index (χ2v) is 7.45. The molecular formula is C22H21N3OS. The zero-order valence-electron chi connectivity index (χ0n) is 15.6. The van der Waals surface area contributed by atoms with E-state index in [1.807, 2.05) is 24.4 Å². The molecule has 0 radical (unpaired) electrons. The van der Waals surface area contributed by atoms with Crippen molar-refractivity contribution in [2.45, 2.75) is 27.3 Å². The van der Waals surface area contributed by atoms with Gasteiger partial charge in [0.25, 0.3) is 5.91 Å². The van der Waals surface area contributed by atoms with Crippen molar-refractivity contribution >= 4 is 33.3 Å².